The minimum absolute atomic E-state index is 0.0122. The number of nitrogens with one attached hydrogen (secondary N) is 2. The fraction of sp³-hybridized carbons (Fsp3) is 0.282. The maximum atomic E-state index is 13.0. The molecule has 13 nitrogen and oxygen atoms in total. The molecule has 1 saturated carbocycles. The third kappa shape index (κ3) is 8.03. The van der Waals surface area contributed by atoms with Crippen LogP contribution in [0.3, 0.4) is 0 Å². The van der Waals surface area contributed by atoms with Gasteiger partial charge in [0, 0.05) is 61.8 Å². The van der Waals surface area contributed by atoms with Crippen molar-refractivity contribution in [2.45, 2.75) is 37.9 Å². The van der Waals surface area contributed by atoms with E-state index in [4.69, 9.17) is 24.8 Å². The van der Waals surface area contributed by atoms with Crippen LogP contribution in [0.2, 0.25) is 0 Å². The van der Waals surface area contributed by atoms with Crippen molar-refractivity contribution < 1.29 is 19.1 Å². The predicted molar refractivity (Wildman–Crippen MR) is 196 cm³/mol. The number of anilines is 2. The fourth-order valence-electron chi connectivity index (χ4n) is 6.19. The van der Waals surface area contributed by atoms with Crippen molar-refractivity contribution in [2.24, 2.45) is 0 Å². The number of hydrogen-bond donors (Lipinski definition) is 2. The van der Waals surface area contributed by atoms with Gasteiger partial charge in [-0.15, -0.1) is 0 Å². The Morgan fingerprint density at radius 1 is 1.02 bits per heavy atom. The van der Waals surface area contributed by atoms with Crippen LogP contribution in [0.1, 0.15) is 40.7 Å². The Kier molecular flexibility index (Phi) is 10.1. The molecule has 2 aromatic carbocycles. The summed E-state index contributed by atoms with van der Waals surface area (Å²) >= 11 is 0. The van der Waals surface area contributed by atoms with Gasteiger partial charge in [0.1, 0.15) is 28.5 Å². The normalized spacial score (nSPS) is 15.6. The number of ether oxygens (including phenoxy) is 2. The lowest BCUT2D eigenvalue weighted by atomic mass is 10.2. The summed E-state index contributed by atoms with van der Waals surface area (Å²) in [5.41, 5.74) is 2.45. The summed E-state index contributed by atoms with van der Waals surface area (Å²) in [4.78, 5) is 38.9. The first-order valence-electron chi connectivity index (χ1n) is 17.2. The monoisotopic (exact) mass is 697 g/mol. The highest BCUT2D eigenvalue weighted by Crippen LogP contribution is 2.35. The molecular weight excluding hydrogens is 658 g/mol. The van der Waals surface area contributed by atoms with Crippen LogP contribution >= 0.6 is 0 Å². The number of methoxy groups -OCH3 is 1. The Morgan fingerprint density at radius 3 is 2.54 bits per heavy atom. The number of aromatic nitrogens is 4. The molecule has 1 aliphatic carbocycles. The van der Waals surface area contributed by atoms with Crippen LogP contribution in [-0.2, 0) is 11.3 Å². The van der Waals surface area contributed by atoms with E-state index in [0.717, 1.165) is 24.3 Å². The van der Waals surface area contributed by atoms with Gasteiger partial charge in [0.25, 0.3) is 5.91 Å². The maximum Gasteiger partial charge on any atom is 0.256 e. The van der Waals surface area contributed by atoms with E-state index in [0.29, 0.717) is 65.2 Å². The minimum Gasteiger partial charge on any atom is -0.497 e. The van der Waals surface area contributed by atoms with Gasteiger partial charge in [-0.25, -0.2) is 14.6 Å². The zero-order chi connectivity index (χ0) is 36.0. The second-order valence-electron chi connectivity index (χ2n) is 13.0. The van der Waals surface area contributed by atoms with Crippen molar-refractivity contribution >= 4 is 34.5 Å². The Morgan fingerprint density at radius 2 is 1.79 bits per heavy atom. The lowest BCUT2D eigenvalue weighted by molar-refractivity contribution is -0.125. The van der Waals surface area contributed by atoms with Crippen molar-refractivity contribution in [1.82, 2.24) is 29.5 Å². The molecular formula is C39H39N9O4. The molecule has 2 fully saturated rings. The second-order valence-corrected chi connectivity index (χ2v) is 13.0. The molecule has 1 saturated heterocycles. The first-order valence-corrected chi connectivity index (χ1v) is 17.2. The molecule has 0 spiro atoms. The molecule has 3 aromatic heterocycles. The number of nitriles is 1. The highest BCUT2D eigenvalue weighted by Gasteiger charge is 2.28. The zero-order valence-corrected chi connectivity index (χ0v) is 29.0. The van der Waals surface area contributed by atoms with Gasteiger partial charge in [0.05, 0.1) is 25.3 Å². The summed E-state index contributed by atoms with van der Waals surface area (Å²) < 4.78 is 13.6. The highest BCUT2D eigenvalue weighted by atomic mass is 16.5. The molecule has 7 rings (SSSR count). The molecule has 52 heavy (non-hydrogen) atoms. The van der Waals surface area contributed by atoms with E-state index >= 15 is 0 Å². The number of nitrogens with zero attached hydrogens (tertiary/aromatic N) is 7. The van der Waals surface area contributed by atoms with Crippen LogP contribution in [0.15, 0.2) is 91.3 Å². The molecule has 4 heterocycles. The van der Waals surface area contributed by atoms with Crippen LogP contribution in [-0.4, -0.2) is 87.2 Å². The number of likely N-dealkylation sites (tertiary alicyclic amines) is 1. The molecule has 0 radical (unpaired) electrons. The average molecular weight is 698 g/mol. The predicted octanol–water partition coefficient (Wildman–Crippen LogP) is 5.46. The largest absolute Gasteiger partial charge is 0.497 e. The van der Waals surface area contributed by atoms with Crippen molar-refractivity contribution in [1.29, 1.82) is 5.26 Å². The van der Waals surface area contributed by atoms with E-state index in [-0.39, 0.29) is 23.7 Å². The number of amides is 2. The number of carbonyl (C=O) groups excluding carboxylic acids is 2. The van der Waals surface area contributed by atoms with Gasteiger partial charge in [-0.05, 0) is 80.4 Å². The van der Waals surface area contributed by atoms with E-state index in [1.54, 1.807) is 55.8 Å². The average Bonchev–Trinajstić information content (AvgIpc) is 3.83. The van der Waals surface area contributed by atoms with Gasteiger partial charge in [0.2, 0.25) is 5.91 Å². The molecule has 1 atom stereocenters. The Bertz CT molecular complexity index is 2140. The number of hydrogen-bond acceptors (Lipinski definition) is 10. The number of likely N-dealkylation sites (N-methyl/N-ethyl adjacent to an activating group) is 1. The fourth-order valence-corrected chi connectivity index (χ4v) is 6.19. The third-order valence-corrected chi connectivity index (χ3v) is 9.23. The molecule has 0 unspecified atom stereocenters. The van der Waals surface area contributed by atoms with E-state index in [9.17, 15) is 9.59 Å². The topological polar surface area (TPSA) is 151 Å². The zero-order valence-electron chi connectivity index (χ0n) is 29.0. The van der Waals surface area contributed by atoms with E-state index in [1.165, 1.54) is 25.1 Å². The van der Waals surface area contributed by atoms with E-state index in [2.05, 4.69) is 27.6 Å². The molecule has 13 heteroatoms. The summed E-state index contributed by atoms with van der Waals surface area (Å²) in [7, 11) is 3.73. The molecule has 0 bridgehead atoms. The van der Waals surface area contributed by atoms with Crippen molar-refractivity contribution in [3.63, 3.8) is 0 Å². The SMILES string of the molecule is COc1ccc(Cn2nc(N[C@@H]3CCN(C(=O)C=CCN(C)C4CC4)C3)c3c(Oc4ccc(C(=O)Nc5cc(C#N)ccn5)cc4)ccnc32)cc1. The molecule has 1 aliphatic heterocycles. The van der Waals surface area contributed by atoms with Crippen molar-refractivity contribution in [2.75, 3.05) is 44.4 Å². The lowest BCUT2D eigenvalue weighted by Crippen LogP contribution is -2.30. The van der Waals surface area contributed by atoms with Crippen LogP contribution in [0.5, 0.6) is 17.2 Å². The van der Waals surface area contributed by atoms with Gasteiger partial charge in [-0.3, -0.25) is 14.5 Å². The highest BCUT2D eigenvalue weighted by molar-refractivity contribution is 6.04. The smallest absolute Gasteiger partial charge is 0.256 e. The summed E-state index contributed by atoms with van der Waals surface area (Å²) in [5, 5.41) is 21.1. The number of fused-ring (bicyclic) bond motifs is 1. The first-order chi connectivity index (χ1) is 25.4. The quantitative estimate of drug-likeness (QED) is 0.152. The van der Waals surface area contributed by atoms with Crippen LogP contribution < -0.4 is 20.1 Å². The maximum absolute atomic E-state index is 13.0. The number of pyridine rings is 2. The first kappa shape index (κ1) is 34.2. The summed E-state index contributed by atoms with van der Waals surface area (Å²) in [6.07, 6.45) is 10.0. The third-order valence-electron chi connectivity index (χ3n) is 9.23. The van der Waals surface area contributed by atoms with Crippen LogP contribution in [0.4, 0.5) is 11.6 Å². The van der Waals surface area contributed by atoms with Crippen molar-refractivity contribution in [3.8, 4) is 23.3 Å². The number of carbonyl (C=O) groups is 2. The number of rotatable bonds is 13. The van der Waals surface area contributed by atoms with Gasteiger partial charge in [0.15, 0.2) is 11.5 Å². The minimum atomic E-state index is -0.364. The summed E-state index contributed by atoms with van der Waals surface area (Å²) in [6, 6.07) is 22.1. The molecule has 2 N–H and O–H groups in total. The Hall–Kier alpha value is -6.26. The molecule has 264 valence electrons. The van der Waals surface area contributed by atoms with E-state index in [1.807, 2.05) is 46.0 Å². The van der Waals surface area contributed by atoms with Gasteiger partial charge < -0.3 is 25.0 Å². The van der Waals surface area contributed by atoms with Gasteiger partial charge in [-0.1, -0.05) is 18.2 Å². The van der Waals surface area contributed by atoms with Gasteiger partial charge >= 0.3 is 0 Å². The Balaban J connectivity index is 1.10. The van der Waals surface area contributed by atoms with Crippen LogP contribution in [0.25, 0.3) is 11.0 Å². The van der Waals surface area contributed by atoms with E-state index < -0.39 is 0 Å². The standard InChI is InChI=1S/C39H39N9O4/c1-46(30-9-10-30)20-3-4-35(49)47-21-17-29(25-47)43-37-36-33(16-19-42-38(36)48(45-37)24-26-5-11-31(51-2)12-6-26)52-32-13-7-28(8-14-32)39(50)44-34-22-27(23-40)15-18-41-34/h3-8,11-16,18-19,22,29-30H,9-10,17,20-21,24-25H2,1-2H3,(H,43,45)(H,41,44,50)/t29-/m1/s1. The Labute approximate surface area is 301 Å². The molecule has 2 aliphatic rings. The van der Waals surface area contributed by atoms with Crippen LogP contribution in [0, 0.1) is 11.3 Å². The molecule has 5 aromatic rings. The molecule has 2 amide bonds. The summed E-state index contributed by atoms with van der Waals surface area (Å²) in [5.74, 6) is 2.36. The van der Waals surface area contributed by atoms with Gasteiger partial charge in [-0.2, -0.15) is 10.4 Å². The lowest BCUT2D eigenvalue weighted by Gasteiger charge is -2.16. The second kappa shape index (κ2) is 15.3. The number of benzene rings is 2. The van der Waals surface area contributed by atoms with Crippen molar-refractivity contribution in [3.05, 3.63) is 108 Å². The summed E-state index contributed by atoms with van der Waals surface area (Å²) in [6.45, 7) is 2.42.